The molecule has 1 aliphatic rings. The minimum atomic E-state index is -0.101. The van der Waals surface area contributed by atoms with Crippen LogP contribution in [0.3, 0.4) is 0 Å². The lowest BCUT2D eigenvalue weighted by atomic mass is 10.1. The van der Waals surface area contributed by atoms with Crippen molar-refractivity contribution in [3.63, 3.8) is 0 Å². The number of rotatable bonds is 2. The van der Waals surface area contributed by atoms with Gasteiger partial charge in [0.1, 0.15) is 0 Å². The quantitative estimate of drug-likeness (QED) is 0.849. The molecule has 1 atom stereocenters. The molecule has 3 heterocycles. The van der Waals surface area contributed by atoms with Crippen molar-refractivity contribution in [2.24, 2.45) is 0 Å². The van der Waals surface area contributed by atoms with Gasteiger partial charge < -0.3 is 4.90 Å². The minimum absolute atomic E-state index is 0.0985. The Labute approximate surface area is 129 Å². The summed E-state index contributed by atoms with van der Waals surface area (Å²) in [5.41, 5.74) is 0.588. The Bertz CT molecular complexity index is 624. The van der Waals surface area contributed by atoms with Crippen molar-refractivity contribution in [3.05, 3.63) is 40.3 Å². The van der Waals surface area contributed by atoms with Crippen LogP contribution in [0.5, 0.6) is 0 Å². The summed E-state index contributed by atoms with van der Waals surface area (Å²) < 4.78 is 1.86. The predicted octanol–water partition coefficient (Wildman–Crippen LogP) is 3.68. The van der Waals surface area contributed by atoms with Crippen molar-refractivity contribution >= 4 is 17.2 Å². The molecule has 21 heavy (non-hydrogen) atoms. The van der Waals surface area contributed by atoms with Crippen LogP contribution in [0.2, 0.25) is 0 Å². The standard InChI is InChI=1S/C16H21N3OS/c1-16(2,3)19-11-12(10-17-19)15(20)18-8-4-6-13(18)14-7-5-9-21-14/h5,7,9-11,13H,4,6,8H2,1-3H3/t13-/m1/s1. The highest BCUT2D eigenvalue weighted by Crippen LogP contribution is 2.35. The summed E-state index contributed by atoms with van der Waals surface area (Å²) in [6.45, 7) is 7.08. The van der Waals surface area contributed by atoms with E-state index in [1.165, 1.54) is 4.88 Å². The van der Waals surface area contributed by atoms with E-state index in [-0.39, 0.29) is 17.5 Å². The van der Waals surface area contributed by atoms with Crippen LogP contribution in [0, 0.1) is 0 Å². The van der Waals surface area contributed by atoms with Crippen molar-refractivity contribution in [1.82, 2.24) is 14.7 Å². The van der Waals surface area contributed by atoms with Crippen LogP contribution in [0.15, 0.2) is 29.9 Å². The summed E-state index contributed by atoms with van der Waals surface area (Å²) in [7, 11) is 0. The molecule has 1 amide bonds. The van der Waals surface area contributed by atoms with Gasteiger partial charge in [0, 0.05) is 17.6 Å². The lowest BCUT2D eigenvalue weighted by Gasteiger charge is -2.23. The van der Waals surface area contributed by atoms with Gasteiger partial charge in [-0.2, -0.15) is 5.10 Å². The largest absolute Gasteiger partial charge is 0.331 e. The molecule has 1 aliphatic heterocycles. The smallest absolute Gasteiger partial charge is 0.257 e. The second-order valence-corrected chi connectivity index (χ2v) is 7.50. The summed E-state index contributed by atoms with van der Waals surface area (Å²) in [6, 6.07) is 4.41. The molecule has 5 heteroatoms. The third-order valence-electron chi connectivity index (χ3n) is 3.90. The van der Waals surface area contributed by atoms with Gasteiger partial charge in [-0.25, -0.2) is 0 Å². The normalized spacial score (nSPS) is 19.2. The van der Waals surface area contributed by atoms with E-state index in [9.17, 15) is 4.79 Å². The van der Waals surface area contributed by atoms with Gasteiger partial charge in [0.2, 0.25) is 0 Å². The molecule has 4 nitrogen and oxygen atoms in total. The maximum atomic E-state index is 12.8. The van der Waals surface area contributed by atoms with Crippen LogP contribution < -0.4 is 0 Å². The number of thiophene rings is 1. The van der Waals surface area contributed by atoms with Crippen LogP contribution >= 0.6 is 11.3 Å². The van der Waals surface area contributed by atoms with E-state index in [4.69, 9.17) is 0 Å². The molecule has 0 aromatic carbocycles. The van der Waals surface area contributed by atoms with Gasteiger partial charge in [-0.3, -0.25) is 9.48 Å². The third-order valence-corrected chi connectivity index (χ3v) is 4.88. The highest BCUT2D eigenvalue weighted by Gasteiger charge is 2.32. The van der Waals surface area contributed by atoms with Crippen molar-refractivity contribution in [2.45, 2.75) is 45.2 Å². The molecule has 0 saturated carbocycles. The highest BCUT2D eigenvalue weighted by molar-refractivity contribution is 7.10. The van der Waals surface area contributed by atoms with Crippen molar-refractivity contribution in [1.29, 1.82) is 0 Å². The summed E-state index contributed by atoms with van der Waals surface area (Å²) in [5.74, 6) is 0.0985. The summed E-state index contributed by atoms with van der Waals surface area (Å²) in [6.07, 6.45) is 5.69. The first-order valence-electron chi connectivity index (χ1n) is 7.36. The Kier molecular flexibility index (Phi) is 3.61. The predicted molar refractivity (Wildman–Crippen MR) is 84.6 cm³/mol. The van der Waals surface area contributed by atoms with Crippen LogP contribution in [-0.2, 0) is 5.54 Å². The zero-order valence-electron chi connectivity index (χ0n) is 12.7. The monoisotopic (exact) mass is 303 g/mol. The van der Waals surface area contributed by atoms with E-state index in [1.54, 1.807) is 17.5 Å². The molecule has 0 spiro atoms. The Hall–Kier alpha value is -1.62. The first kappa shape index (κ1) is 14.3. The highest BCUT2D eigenvalue weighted by atomic mass is 32.1. The van der Waals surface area contributed by atoms with E-state index in [1.807, 2.05) is 15.8 Å². The fourth-order valence-electron chi connectivity index (χ4n) is 2.75. The number of hydrogen-bond acceptors (Lipinski definition) is 3. The second-order valence-electron chi connectivity index (χ2n) is 6.52. The third kappa shape index (κ3) is 2.75. The molecular formula is C16H21N3OS. The maximum Gasteiger partial charge on any atom is 0.257 e. The average molecular weight is 303 g/mol. The molecule has 112 valence electrons. The second kappa shape index (κ2) is 5.30. The van der Waals surface area contributed by atoms with Crippen LogP contribution in [0.25, 0.3) is 0 Å². The first-order valence-corrected chi connectivity index (χ1v) is 8.24. The van der Waals surface area contributed by atoms with E-state index >= 15 is 0 Å². The number of nitrogens with zero attached hydrogens (tertiary/aromatic N) is 3. The number of carbonyl (C=O) groups is 1. The molecule has 0 bridgehead atoms. The van der Waals surface area contributed by atoms with Crippen LogP contribution in [0.1, 0.15) is 54.9 Å². The summed E-state index contributed by atoms with van der Waals surface area (Å²) >= 11 is 1.73. The van der Waals surface area contributed by atoms with Crippen LogP contribution in [-0.4, -0.2) is 27.1 Å². The molecule has 1 saturated heterocycles. The molecule has 2 aromatic rings. The Morgan fingerprint density at radius 1 is 1.43 bits per heavy atom. The topological polar surface area (TPSA) is 38.1 Å². The van der Waals surface area contributed by atoms with Gasteiger partial charge in [0.25, 0.3) is 5.91 Å². The number of likely N-dealkylation sites (tertiary alicyclic amines) is 1. The zero-order chi connectivity index (χ0) is 15.0. The van der Waals surface area contributed by atoms with E-state index in [2.05, 4.69) is 43.4 Å². The molecule has 3 rings (SSSR count). The van der Waals surface area contributed by atoms with Gasteiger partial charge in [-0.1, -0.05) is 6.07 Å². The molecule has 0 radical (unpaired) electrons. The van der Waals surface area contributed by atoms with Crippen molar-refractivity contribution in [3.8, 4) is 0 Å². The first-order chi connectivity index (χ1) is 9.97. The molecule has 1 fully saturated rings. The number of carbonyl (C=O) groups excluding carboxylic acids is 1. The molecular weight excluding hydrogens is 282 g/mol. The van der Waals surface area contributed by atoms with Gasteiger partial charge >= 0.3 is 0 Å². The van der Waals surface area contributed by atoms with Crippen molar-refractivity contribution in [2.75, 3.05) is 6.54 Å². The van der Waals surface area contributed by atoms with E-state index in [0.717, 1.165) is 19.4 Å². The van der Waals surface area contributed by atoms with E-state index in [0.29, 0.717) is 5.56 Å². The Morgan fingerprint density at radius 2 is 2.24 bits per heavy atom. The van der Waals surface area contributed by atoms with Crippen LogP contribution in [0.4, 0.5) is 0 Å². The average Bonchev–Trinajstić information content (AvgIpc) is 3.16. The maximum absolute atomic E-state index is 12.8. The fraction of sp³-hybridized carbons (Fsp3) is 0.500. The van der Waals surface area contributed by atoms with Gasteiger partial charge in [-0.15, -0.1) is 11.3 Å². The Morgan fingerprint density at radius 3 is 2.86 bits per heavy atom. The minimum Gasteiger partial charge on any atom is -0.331 e. The Balaban J connectivity index is 1.83. The van der Waals surface area contributed by atoms with Gasteiger partial charge in [-0.05, 0) is 45.1 Å². The fourth-order valence-corrected chi connectivity index (χ4v) is 3.63. The number of hydrogen-bond donors (Lipinski definition) is 0. The lowest BCUT2D eigenvalue weighted by molar-refractivity contribution is 0.0737. The molecule has 0 N–H and O–H groups in total. The molecule has 0 aliphatic carbocycles. The van der Waals surface area contributed by atoms with Gasteiger partial charge in [0.05, 0.1) is 23.3 Å². The SMILES string of the molecule is CC(C)(C)n1cc(C(=O)N2CCC[C@@H]2c2cccs2)cn1. The summed E-state index contributed by atoms with van der Waals surface area (Å²) in [4.78, 5) is 16.0. The number of amides is 1. The van der Waals surface area contributed by atoms with Gasteiger partial charge in [0.15, 0.2) is 0 Å². The lowest BCUT2D eigenvalue weighted by Crippen LogP contribution is -2.30. The van der Waals surface area contributed by atoms with Crippen molar-refractivity contribution < 1.29 is 4.79 Å². The zero-order valence-corrected chi connectivity index (χ0v) is 13.6. The van der Waals surface area contributed by atoms with E-state index < -0.39 is 0 Å². The molecule has 0 unspecified atom stereocenters. The number of aromatic nitrogens is 2. The molecule has 2 aromatic heterocycles. The summed E-state index contributed by atoms with van der Waals surface area (Å²) in [5, 5.41) is 6.42.